The summed E-state index contributed by atoms with van der Waals surface area (Å²) in [6.07, 6.45) is 4.31. The standard InChI is InChI=1S/C15H24N4O2/c1-5-12-14(20)17-13(10(3)4)15(21)19(12)9-11-7-16-18(6-2)8-11/h7-8,10,12-13H,5-6,9H2,1-4H3,(H,17,20). The molecule has 2 unspecified atom stereocenters. The Balaban J connectivity index is 2.22. The van der Waals surface area contributed by atoms with Gasteiger partial charge in [-0.2, -0.15) is 5.10 Å². The molecular weight excluding hydrogens is 268 g/mol. The topological polar surface area (TPSA) is 67.2 Å². The summed E-state index contributed by atoms with van der Waals surface area (Å²) in [5, 5.41) is 7.08. The molecule has 0 spiro atoms. The lowest BCUT2D eigenvalue weighted by Crippen LogP contribution is -2.64. The van der Waals surface area contributed by atoms with Gasteiger partial charge in [-0.05, 0) is 19.3 Å². The van der Waals surface area contributed by atoms with E-state index in [1.807, 2.05) is 38.6 Å². The normalized spacial score (nSPS) is 22.8. The summed E-state index contributed by atoms with van der Waals surface area (Å²) in [5.41, 5.74) is 0.959. The first kappa shape index (κ1) is 15.5. The predicted molar refractivity (Wildman–Crippen MR) is 79.3 cm³/mol. The number of carbonyl (C=O) groups excluding carboxylic acids is 2. The number of hydrogen-bond donors (Lipinski definition) is 1. The van der Waals surface area contributed by atoms with Crippen LogP contribution in [0.5, 0.6) is 0 Å². The third-order valence-electron chi connectivity index (χ3n) is 3.94. The molecule has 0 radical (unpaired) electrons. The van der Waals surface area contributed by atoms with Gasteiger partial charge >= 0.3 is 0 Å². The number of nitrogens with one attached hydrogen (secondary N) is 1. The van der Waals surface area contributed by atoms with Crippen LogP contribution in [0.4, 0.5) is 0 Å². The molecule has 6 nitrogen and oxygen atoms in total. The van der Waals surface area contributed by atoms with E-state index in [1.54, 1.807) is 11.1 Å². The number of amides is 2. The molecule has 0 saturated carbocycles. The van der Waals surface area contributed by atoms with Gasteiger partial charge in [-0.3, -0.25) is 14.3 Å². The van der Waals surface area contributed by atoms with Crippen molar-refractivity contribution in [1.82, 2.24) is 20.0 Å². The second kappa shape index (κ2) is 6.28. The predicted octanol–water partition coefficient (Wildman–Crippen LogP) is 1.16. The van der Waals surface area contributed by atoms with Crippen LogP contribution in [0.1, 0.15) is 39.7 Å². The Hall–Kier alpha value is -1.85. The lowest BCUT2D eigenvalue weighted by molar-refractivity contribution is -0.151. The molecule has 1 N–H and O–H groups in total. The average molecular weight is 292 g/mol. The maximum absolute atomic E-state index is 12.6. The van der Waals surface area contributed by atoms with Gasteiger partial charge in [-0.25, -0.2) is 0 Å². The number of aromatic nitrogens is 2. The second-order valence-electron chi connectivity index (χ2n) is 5.82. The van der Waals surface area contributed by atoms with Crippen molar-refractivity contribution >= 4 is 11.8 Å². The second-order valence-corrected chi connectivity index (χ2v) is 5.82. The molecular formula is C15H24N4O2. The molecule has 2 atom stereocenters. The number of carbonyl (C=O) groups is 2. The molecule has 6 heteroatoms. The summed E-state index contributed by atoms with van der Waals surface area (Å²) in [4.78, 5) is 26.6. The largest absolute Gasteiger partial charge is 0.342 e. The monoisotopic (exact) mass is 292 g/mol. The third-order valence-corrected chi connectivity index (χ3v) is 3.94. The van der Waals surface area contributed by atoms with Crippen molar-refractivity contribution in [1.29, 1.82) is 0 Å². The van der Waals surface area contributed by atoms with E-state index in [2.05, 4.69) is 10.4 Å². The van der Waals surface area contributed by atoms with Gasteiger partial charge in [0.2, 0.25) is 11.8 Å². The van der Waals surface area contributed by atoms with E-state index in [1.165, 1.54) is 0 Å². The molecule has 0 aliphatic carbocycles. The number of aryl methyl sites for hydroxylation is 1. The van der Waals surface area contributed by atoms with Crippen molar-refractivity contribution < 1.29 is 9.59 Å². The highest BCUT2D eigenvalue weighted by Crippen LogP contribution is 2.20. The highest BCUT2D eigenvalue weighted by atomic mass is 16.2. The minimum absolute atomic E-state index is 0.000647. The van der Waals surface area contributed by atoms with Crippen molar-refractivity contribution in [2.75, 3.05) is 0 Å². The van der Waals surface area contributed by atoms with Gasteiger partial charge in [0.1, 0.15) is 12.1 Å². The van der Waals surface area contributed by atoms with Crippen molar-refractivity contribution in [3.63, 3.8) is 0 Å². The van der Waals surface area contributed by atoms with E-state index >= 15 is 0 Å². The van der Waals surface area contributed by atoms with E-state index in [4.69, 9.17) is 0 Å². The molecule has 0 bridgehead atoms. The molecule has 0 aromatic carbocycles. The molecule has 1 aliphatic rings. The van der Waals surface area contributed by atoms with Crippen LogP contribution in [0.25, 0.3) is 0 Å². The van der Waals surface area contributed by atoms with Crippen LogP contribution in [0.3, 0.4) is 0 Å². The Labute approximate surface area is 125 Å². The van der Waals surface area contributed by atoms with Crippen molar-refractivity contribution in [2.45, 2.75) is 59.3 Å². The highest BCUT2D eigenvalue weighted by molar-refractivity contribution is 5.97. The molecule has 1 fully saturated rings. The molecule has 1 aliphatic heterocycles. The first-order valence-electron chi connectivity index (χ1n) is 7.60. The molecule has 2 amide bonds. The fourth-order valence-corrected chi connectivity index (χ4v) is 2.69. The van der Waals surface area contributed by atoms with E-state index in [-0.39, 0.29) is 17.7 Å². The molecule has 1 saturated heterocycles. The number of nitrogens with zero attached hydrogens (tertiary/aromatic N) is 3. The van der Waals surface area contributed by atoms with Gasteiger partial charge in [-0.15, -0.1) is 0 Å². The Bertz CT molecular complexity index is 523. The van der Waals surface area contributed by atoms with E-state index in [0.717, 1.165) is 12.1 Å². The fourth-order valence-electron chi connectivity index (χ4n) is 2.69. The van der Waals surface area contributed by atoms with Gasteiger partial charge < -0.3 is 10.2 Å². The SMILES string of the molecule is CCC1C(=O)NC(C(C)C)C(=O)N1Cc1cnn(CC)c1. The molecule has 1 aromatic rings. The maximum atomic E-state index is 12.6. The van der Waals surface area contributed by atoms with Crippen molar-refractivity contribution in [3.8, 4) is 0 Å². The first-order chi connectivity index (χ1) is 9.97. The van der Waals surface area contributed by atoms with Crippen LogP contribution in [0, 0.1) is 5.92 Å². The molecule has 2 heterocycles. The third kappa shape index (κ3) is 3.09. The Morgan fingerprint density at radius 2 is 2.05 bits per heavy atom. The Morgan fingerprint density at radius 3 is 2.57 bits per heavy atom. The minimum atomic E-state index is -0.429. The zero-order valence-corrected chi connectivity index (χ0v) is 13.2. The molecule has 1 aromatic heterocycles. The van der Waals surface area contributed by atoms with Gasteiger partial charge in [0.15, 0.2) is 0 Å². The minimum Gasteiger partial charge on any atom is -0.342 e. The summed E-state index contributed by atoms with van der Waals surface area (Å²) in [5.74, 6) is 0.0273. The number of piperazine rings is 1. The lowest BCUT2D eigenvalue weighted by atomic mass is 9.96. The van der Waals surface area contributed by atoms with E-state index < -0.39 is 12.1 Å². The quantitative estimate of drug-likeness (QED) is 0.885. The summed E-state index contributed by atoms with van der Waals surface area (Å²) < 4.78 is 1.82. The first-order valence-corrected chi connectivity index (χ1v) is 7.60. The van der Waals surface area contributed by atoms with E-state index in [9.17, 15) is 9.59 Å². The summed E-state index contributed by atoms with van der Waals surface area (Å²) in [7, 11) is 0. The Morgan fingerprint density at radius 1 is 1.33 bits per heavy atom. The van der Waals surface area contributed by atoms with Crippen LogP contribution in [-0.2, 0) is 22.7 Å². The molecule has 21 heavy (non-hydrogen) atoms. The zero-order valence-electron chi connectivity index (χ0n) is 13.2. The summed E-state index contributed by atoms with van der Waals surface area (Å²) in [6, 6.07) is -0.820. The molecule has 116 valence electrons. The Kier molecular flexibility index (Phi) is 4.65. The van der Waals surface area contributed by atoms with Gasteiger partial charge in [0, 0.05) is 24.8 Å². The zero-order chi connectivity index (χ0) is 15.6. The van der Waals surface area contributed by atoms with Crippen LogP contribution in [-0.4, -0.2) is 38.6 Å². The van der Waals surface area contributed by atoms with Crippen LogP contribution in [0.2, 0.25) is 0 Å². The van der Waals surface area contributed by atoms with Crippen LogP contribution in [0.15, 0.2) is 12.4 Å². The number of rotatable bonds is 5. The number of hydrogen-bond acceptors (Lipinski definition) is 3. The van der Waals surface area contributed by atoms with E-state index in [0.29, 0.717) is 13.0 Å². The molecule has 2 rings (SSSR count). The van der Waals surface area contributed by atoms with Crippen molar-refractivity contribution in [2.24, 2.45) is 5.92 Å². The highest BCUT2D eigenvalue weighted by Gasteiger charge is 2.40. The van der Waals surface area contributed by atoms with Gasteiger partial charge in [0.05, 0.1) is 6.20 Å². The van der Waals surface area contributed by atoms with Crippen molar-refractivity contribution in [3.05, 3.63) is 18.0 Å². The average Bonchev–Trinajstić information content (AvgIpc) is 2.90. The smallest absolute Gasteiger partial charge is 0.246 e. The lowest BCUT2D eigenvalue weighted by Gasteiger charge is -2.39. The van der Waals surface area contributed by atoms with Gasteiger partial charge in [-0.1, -0.05) is 20.8 Å². The maximum Gasteiger partial charge on any atom is 0.246 e. The van der Waals surface area contributed by atoms with Crippen LogP contribution >= 0.6 is 0 Å². The fraction of sp³-hybridized carbons (Fsp3) is 0.667. The summed E-state index contributed by atoms with van der Waals surface area (Å²) in [6.45, 7) is 9.06. The van der Waals surface area contributed by atoms with Crippen LogP contribution < -0.4 is 5.32 Å². The summed E-state index contributed by atoms with van der Waals surface area (Å²) >= 11 is 0. The van der Waals surface area contributed by atoms with Gasteiger partial charge in [0.25, 0.3) is 0 Å².